The van der Waals surface area contributed by atoms with Gasteiger partial charge in [-0.05, 0) is 29.1 Å². The van der Waals surface area contributed by atoms with Crippen LogP contribution < -0.4 is 16.2 Å². The Kier molecular flexibility index (Phi) is 5.76. The van der Waals surface area contributed by atoms with Crippen LogP contribution in [0.4, 0.5) is 4.79 Å². The summed E-state index contributed by atoms with van der Waals surface area (Å²) in [6.07, 6.45) is -0.865. The predicted octanol–water partition coefficient (Wildman–Crippen LogP) is 2.08. The van der Waals surface area contributed by atoms with Crippen LogP contribution in [0, 0.1) is 0 Å². The third-order valence-corrected chi connectivity index (χ3v) is 3.87. The number of aliphatic hydroxyl groups is 1. The van der Waals surface area contributed by atoms with Gasteiger partial charge in [-0.15, -0.1) is 11.3 Å². The van der Waals surface area contributed by atoms with Crippen molar-refractivity contribution in [3.05, 3.63) is 57.2 Å². The number of halogens is 1. The van der Waals surface area contributed by atoms with E-state index in [0.717, 1.165) is 0 Å². The molecule has 0 fully saturated rings. The Morgan fingerprint density at radius 1 is 1.18 bits per heavy atom. The molecule has 3 amide bonds. The average molecular weight is 340 g/mol. The SMILES string of the molecule is O=C(NC[C@H](O)c1ccc(Cl)cc1)NNC(=O)c1cccs1. The van der Waals surface area contributed by atoms with Gasteiger partial charge in [-0.3, -0.25) is 10.2 Å². The molecule has 0 aliphatic carbocycles. The van der Waals surface area contributed by atoms with Gasteiger partial charge < -0.3 is 10.4 Å². The van der Waals surface area contributed by atoms with Crippen molar-refractivity contribution in [1.29, 1.82) is 0 Å². The average Bonchev–Trinajstić information content (AvgIpc) is 3.05. The molecular weight excluding hydrogens is 326 g/mol. The molecule has 0 saturated carbocycles. The van der Waals surface area contributed by atoms with Gasteiger partial charge in [0.15, 0.2) is 0 Å². The van der Waals surface area contributed by atoms with Crippen LogP contribution in [0.25, 0.3) is 0 Å². The molecule has 0 radical (unpaired) electrons. The number of aliphatic hydroxyl groups excluding tert-OH is 1. The number of rotatable bonds is 4. The molecule has 22 heavy (non-hydrogen) atoms. The number of hydrogen-bond acceptors (Lipinski definition) is 4. The minimum absolute atomic E-state index is 0.00232. The van der Waals surface area contributed by atoms with Gasteiger partial charge in [0.2, 0.25) is 0 Å². The highest BCUT2D eigenvalue weighted by Crippen LogP contribution is 2.15. The standard InChI is InChI=1S/C14H14ClN3O3S/c15-10-5-3-9(4-6-10)11(19)8-16-14(21)18-17-13(20)12-2-1-7-22-12/h1-7,11,19H,8H2,(H,17,20)(H2,16,18,21)/t11-/m0/s1. The van der Waals surface area contributed by atoms with E-state index in [0.29, 0.717) is 15.5 Å². The fourth-order valence-electron chi connectivity index (χ4n) is 1.62. The molecule has 8 heteroatoms. The van der Waals surface area contributed by atoms with Gasteiger partial charge in [0.25, 0.3) is 5.91 Å². The molecule has 6 nitrogen and oxygen atoms in total. The first kappa shape index (κ1) is 16.3. The van der Waals surface area contributed by atoms with Crippen molar-refractivity contribution in [2.45, 2.75) is 6.10 Å². The number of hydrazine groups is 1. The fraction of sp³-hybridized carbons (Fsp3) is 0.143. The first-order valence-corrected chi connectivity index (χ1v) is 7.63. The van der Waals surface area contributed by atoms with Crippen molar-refractivity contribution in [2.75, 3.05) is 6.54 Å². The Balaban J connectivity index is 1.73. The summed E-state index contributed by atoms with van der Waals surface area (Å²) in [7, 11) is 0. The Labute approximate surface area is 136 Å². The maximum Gasteiger partial charge on any atom is 0.333 e. The van der Waals surface area contributed by atoms with Gasteiger partial charge in [-0.2, -0.15) is 0 Å². The van der Waals surface area contributed by atoms with Gasteiger partial charge in [0.05, 0.1) is 11.0 Å². The van der Waals surface area contributed by atoms with E-state index in [9.17, 15) is 14.7 Å². The normalized spacial score (nSPS) is 11.5. The Hall–Kier alpha value is -2.09. The first-order chi connectivity index (χ1) is 10.6. The molecule has 0 unspecified atom stereocenters. The molecule has 1 heterocycles. The van der Waals surface area contributed by atoms with E-state index < -0.39 is 18.0 Å². The quantitative estimate of drug-likeness (QED) is 0.643. The molecule has 2 rings (SSSR count). The van der Waals surface area contributed by atoms with E-state index in [1.54, 1.807) is 41.8 Å². The lowest BCUT2D eigenvalue weighted by Crippen LogP contribution is -2.47. The van der Waals surface area contributed by atoms with Crippen LogP contribution in [-0.4, -0.2) is 23.6 Å². The van der Waals surface area contributed by atoms with Crippen molar-refractivity contribution in [2.24, 2.45) is 0 Å². The van der Waals surface area contributed by atoms with Crippen LogP contribution in [-0.2, 0) is 0 Å². The predicted molar refractivity (Wildman–Crippen MR) is 84.7 cm³/mol. The summed E-state index contributed by atoms with van der Waals surface area (Å²) in [5.41, 5.74) is 5.11. The molecule has 0 aliphatic heterocycles. The van der Waals surface area contributed by atoms with Crippen molar-refractivity contribution in [1.82, 2.24) is 16.2 Å². The molecule has 0 bridgehead atoms. The summed E-state index contributed by atoms with van der Waals surface area (Å²) in [4.78, 5) is 23.6. The molecule has 116 valence electrons. The molecule has 0 spiro atoms. The minimum Gasteiger partial charge on any atom is -0.387 e. The van der Waals surface area contributed by atoms with E-state index in [4.69, 9.17) is 11.6 Å². The summed E-state index contributed by atoms with van der Waals surface area (Å²) in [5, 5.41) is 14.7. The first-order valence-electron chi connectivity index (χ1n) is 6.37. The topological polar surface area (TPSA) is 90.5 Å². The molecule has 0 aliphatic rings. The van der Waals surface area contributed by atoms with Gasteiger partial charge in [0.1, 0.15) is 0 Å². The summed E-state index contributed by atoms with van der Waals surface area (Å²) in [5.74, 6) is -0.400. The molecule has 1 aromatic heterocycles. The highest BCUT2D eigenvalue weighted by atomic mass is 35.5. The van der Waals surface area contributed by atoms with Crippen molar-refractivity contribution in [3.63, 3.8) is 0 Å². The Morgan fingerprint density at radius 2 is 1.91 bits per heavy atom. The zero-order valence-corrected chi connectivity index (χ0v) is 12.9. The third-order valence-electron chi connectivity index (χ3n) is 2.75. The number of thiophene rings is 1. The van der Waals surface area contributed by atoms with Crippen LogP contribution in [0.2, 0.25) is 5.02 Å². The van der Waals surface area contributed by atoms with Crippen LogP contribution in [0.3, 0.4) is 0 Å². The van der Waals surface area contributed by atoms with Crippen LogP contribution in [0.1, 0.15) is 21.3 Å². The molecular formula is C14H14ClN3O3S. The van der Waals surface area contributed by atoms with Gasteiger partial charge in [0, 0.05) is 11.6 Å². The van der Waals surface area contributed by atoms with E-state index in [2.05, 4.69) is 16.2 Å². The number of carbonyl (C=O) groups is 2. The molecule has 4 N–H and O–H groups in total. The lowest BCUT2D eigenvalue weighted by Gasteiger charge is -2.13. The molecule has 2 aromatic rings. The second kappa shape index (κ2) is 7.79. The number of carbonyl (C=O) groups excluding carboxylic acids is 2. The lowest BCUT2D eigenvalue weighted by molar-refractivity contribution is 0.0939. The maximum atomic E-state index is 11.6. The van der Waals surface area contributed by atoms with E-state index in [1.165, 1.54) is 11.3 Å². The van der Waals surface area contributed by atoms with Gasteiger partial charge >= 0.3 is 6.03 Å². The molecule has 1 aromatic carbocycles. The number of hydrogen-bond donors (Lipinski definition) is 4. The summed E-state index contributed by atoms with van der Waals surface area (Å²) < 4.78 is 0. The van der Waals surface area contributed by atoms with Gasteiger partial charge in [-0.1, -0.05) is 29.8 Å². The lowest BCUT2D eigenvalue weighted by atomic mass is 10.1. The third kappa shape index (κ3) is 4.73. The number of nitrogens with one attached hydrogen (secondary N) is 3. The summed E-state index contributed by atoms with van der Waals surface area (Å²) in [6.45, 7) is 0.00232. The number of urea groups is 1. The smallest absolute Gasteiger partial charge is 0.333 e. The number of amides is 3. The zero-order chi connectivity index (χ0) is 15.9. The van der Waals surface area contributed by atoms with Crippen LogP contribution in [0.5, 0.6) is 0 Å². The van der Waals surface area contributed by atoms with E-state index in [-0.39, 0.29) is 6.54 Å². The number of benzene rings is 1. The minimum atomic E-state index is -0.865. The monoisotopic (exact) mass is 339 g/mol. The zero-order valence-electron chi connectivity index (χ0n) is 11.4. The Morgan fingerprint density at radius 3 is 2.55 bits per heavy atom. The van der Waals surface area contributed by atoms with Crippen molar-refractivity contribution >= 4 is 34.9 Å². The van der Waals surface area contributed by atoms with Gasteiger partial charge in [-0.25, -0.2) is 10.2 Å². The van der Waals surface area contributed by atoms with Crippen molar-refractivity contribution in [3.8, 4) is 0 Å². The van der Waals surface area contributed by atoms with Crippen LogP contribution in [0.15, 0.2) is 41.8 Å². The Bertz CT molecular complexity index is 631. The van der Waals surface area contributed by atoms with E-state index in [1.807, 2.05) is 0 Å². The fourth-order valence-corrected chi connectivity index (χ4v) is 2.36. The second-order valence-corrected chi connectivity index (χ2v) is 5.72. The van der Waals surface area contributed by atoms with Crippen LogP contribution >= 0.6 is 22.9 Å². The second-order valence-electron chi connectivity index (χ2n) is 4.33. The molecule has 0 saturated heterocycles. The summed E-state index contributed by atoms with van der Waals surface area (Å²) >= 11 is 7.02. The highest BCUT2D eigenvalue weighted by molar-refractivity contribution is 7.12. The highest BCUT2D eigenvalue weighted by Gasteiger charge is 2.11. The van der Waals surface area contributed by atoms with Crippen molar-refractivity contribution < 1.29 is 14.7 Å². The van der Waals surface area contributed by atoms with E-state index >= 15 is 0 Å². The summed E-state index contributed by atoms with van der Waals surface area (Å²) in [6, 6.07) is 9.42. The maximum absolute atomic E-state index is 11.6. The largest absolute Gasteiger partial charge is 0.387 e. The molecule has 1 atom stereocenters.